The molecule has 0 bridgehead atoms. The molecule has 0 saturated heterocycles. The van der Waals surface area contributed by atoms with E-state index in [0.29, 0.717) is 21.8 Å². The number of ether oxygens (including phenoxy) is 1. The van der Waals surface area contributed by atoms with E-state index < -0.39 is 5.97 Å². The summed E-state index contributed by atoms with van der Waals surface area (Å²) in [5.41, 5.74) is 1.50. The first-order valence-corrected chi connectivity index (χ1v) is 7.43. The highest BCUT2D eigenvalue weighted by molar-refractivity contribution is 8.00. The summed E-state index contributed by atoms with van der Waals surface area (Å²) in [6, 6.07) is 7.48. The molecule has 1 aromatic carbocycles. The Bertz CT molecular complexity index is 720. The smallest absolute Gasteiger partial charge is 0.369 e. The van der Waals surface area contributed by atoms with E-state index in [-0.39, 0.29) is 5.01 Å². The number of carbonyl (C=O) groups excluding carboxylic acids is 1. The minimum atomic E-state index is -0.464. The summed E-state index contributed by atoms with van der Waals surface area (Å²) < 4.78 is 11.0. The number of aromatic nitrogens is 3. The molecule has 0 fully saturated rings. The van der Waals surface area contributed by atoms with Crippen LogP contribution in [0.4, 0.5) is 0 Å². The maximum absolute atomic E-state index is 11.5. The zero-order valence-corrected chi connectivity index (χ0v) is 12.0. The summed E-state index contributed by atoms with van der Waals surface area (Å²) in [7, 11) is 0. The molecule has 2 aromatic heterocycles. The van der Waals surface area contributed by atoms with Crippen molar-refractivity contribution in [3.63, 3.8) is 0 Å². The summed E-state index contributed by atoms with van der Waals surface area (Å²) in [6.45, 7) is 2.05. The van der Waals surface area contributed by atoms with Gasteiger partial charge < -0.3 is 9.15 Å². The van der Waals surface area contributed by atoms with Gasteiger partial charge in [0.1, 0.15) is 5.52 Å². The second kappa shape index (κ2) is 5.59. The van der Waals surface area contributed by atoms with Crippen LogP contribution in [0.15, 0.2) is 38.2 Å². The van der Waals surface area contributed by atoms with E-state index in [1.165, 1.54) is 11.8 Å². The summed E-state index contributed by atoms with van der Waals surface area (Å²) in [5.74, 6) is -0.464. The first-order valence-electron chi connectivity index (χ1n) is 5.80. The molecule has 0 spiro atoms. The Kier molecular flexibility index (Phi) is 3.66. The van der Waals surface area contributed by atoms with E-state index >= 15 is 0 Å². The molecule has 0 saturated carbocycles. The van der Waals surface area contributed by atoms with Crippen molar-refractivity contribution < 1.29 is 13.9 Å². The van der Waals surface area contributed by atoms with E-state index in [1.54, 1.807) is 6.92 Å². The molecule has 8 heteroatoms. The number of rotatable bonds is 4. The van der Waals surface area contributed by atoms with Gasteiger partial charge in [0.2, 0.25) is 5.01 Å². The van der Waals surface area contributed by atoms with Gasteiger partial charge in [0.25, 0.3) is 5.22 Å². The standard InChI is InChI=1S/C12H9N3O3S2/c1-2-17-10(16)9-14-15-12(19-9)20-11-13-7-5-3-4-6-8(7)18-11/h3-6H,2H2,1H3. The van der Waals surface area contributed by atoms with Gasteiger partial charge >= 0.3 is 5.97 Å². The van der Waals surface area contributed by atoms with Crippen molar-refractivity contribution in [1.29, 1.82) is 0 Å². The van der Waals surface area contributed by atoms with E-state index in [0.717, 1.165) is 16.9 Å². The third kappa shape index (κ3) is 2.66. The molecule has 102 valence electrons. The lowest BCUT2D eigenvalue weighted by molar-refractivity contribution is 0.0525. The van der Waals surface area contributed by atoms with Crippen molar-refractivity contribution in [2.24, 2.45) is 0 Å². The number of esters is 1. The van der Waals surface area contributed by atoms with Crippen molar-refractivity contribution in [1.82, 2.24) is 15.2 Å². The van der Waals surface area contributed by atoms with Crippen LogP contribution in [0.1, 0.15) is 16.7 Å². The van der Waals surface area contributed by atoms with E-state index in [4.69, 9.17) is 9.15 Å². The van der Waals surface area contributed by atoms with E-state index in [2.05, 4.69) is 15.2 Å². The molecule has 0 radical (unpaired) electrons. The van der Waals surface area contributed by atoms with Gasteiger partial charge in [-0.1, -0.05) is 23.5 Å². The quantitative estimate of drug-likeness (QED) is 0.685. The third-order valence-electron chi connectivity index (χ3n) is 2.31. The highest BCUT2D eigenvalue weighted by atomic mass is 32.2. The maximum Gasteiger partial charge on any atom is 0.369 e. The summed E-state index contributed by atoms with van der Waals surface area (Å²) in [4.78, 5) is 15.8. The molecular formula is C12H9N3O3S2. The first kappa shape index (κ1) is 13.1. The Morgan fingerprint density at radius 1 is 1.40 bits per heavy atom. The molecule has 6 nitrogen and oxygen atoms in total. The molecule has 3 aromatic rings. The third-order valence-corrected chi connectivity index (χ3v) is 4.11. The second-order valence-corrected chi connectivity index (χ2v) is 5.82. The summed E-state index contributed by atoms with van der Waals surface area (Å²) in [5, 5.41) is 8.40. The SMILES string of the molecule is CCOC(=O)c1nnc(Sc2nc3ccccc3o2)s1. The van der Waals surface area contributed by atoms with Gasteiger partial charge in [-0.2, -0.15) is 0 Å². The lowest BCUT2D eigenvalue weighted by atomic mass is 10.3. The van der Waals surface area contributed by atoms with E-state index in [1.807, 2.05) is 24.3 Å². The lowest BCUT2D eigenvalue weighted by Crippen LogP contribution is -2.03. The second-order valence-electron chi connectivity index (χ2n) is 3.64. The highest BCUT2D eigenvalue weighted by Gasteiger charge is 2.16. The zero-order chi connectivity index (χ0) is 13.9. The normalized spacial score (nSPS) is 10.8. The van der Waals surface area contributed by atoms with Crippen molar-refractivity contribution in [2.75, 3.05) is 6.61 Å². The molecule has 0 amide bonds. The van der Waals surface area contributed by atoms with Crippen molar-refractivity contribution in [2.45, 2.75) is 16.5 Å². The van der Waals surface area contributed by atoms with Gasteiger partial charge in [-0.05, 0) is 19.1 Å². The van der Waals surface area contributed by atoms with Gasteiger partial charge in [-0.3, -0.25) is 0 Å². The van der Waals surface area contributed by atoms with Crippen LogP contribution in [0.3, 0.4) is 0 Å². The minimum Gasteiger partial charge on any atom is -0.461 e. The molecule has 0 atom stereocenters. The van der Waals surface area contributed by atoms with Gasteiger partial charge in [0, 0.05) is 11.8 Å². The number of oxazole rings is 1. The Balaban J connectivity index is 1.79. The average Bonchev–Trinajstić information content (AvgIpc) is 3.05. The van der Waals surface area contributed by atoms with Crippen LogP contribution in [-0.4, -0.2) is 27.8 Å². The van der Waals surface area contributed by atoms with E-state index in [9.17, 15) is 4.79 Å². The van der Waals surface area contributed by atoms with Gasteiger partial charge in [-0.25, -0.2) is 9.78 Å². The Morgan fingerprint density at radius 3 is 3.05 bits per heavy atom. The highest BCUT2D eigenvalue weighted by Crippen LogP contribution is 2.31. The Hall–Kier alpha value is -1.93. The van der Waals surface area contributed by atoms with Crippen molar-refractivity contribution in [3.8, 4) is 0 Å². The van der Waals surface area contributed by atoms with Crippen molar-refractivity contribution in [3.05, 3.63) is 29.3 Å². The maximum atomic E-state index is 11.5. The van der Waals surface area contributed by atoms with Crippen LogP contribution in [0, 0.1) is 0 Å². The number of fused-ring (bicyclic) bond motifs is 1. The fraction of sp³-hybridized carbons (Fsp3) is 0.167. The fourth-order valence-corrected chi connectivity index (χ4v) is 3.09. The van der Waals surface area contributed by atoms with Crippen LogP contribution >= 0.6 is 23.1 Å². The number of nitrogens with zero attached hydrogens (tertiary/aromatic N) is 3. The number of carbonyl (C=O) groups is 1. The van der Waals surface area contributed by atoms with Gasteiger partial charge in [0.15, 0.2) is 9.92 Å². The lowest BCUT2D eigenvalue weighted by Gasteiger charge is -1.94. The number of para-hydroxylation sites is 2. The number of hydrogen-bond acceptors (Lipinski definition) is 8. The van der Waals surface area contributed by atoms with Crippen LogP contribution < -0.4 is 0 Å². The van der Waals surface area contributed by atoms with Crippen LogP contribution in [-0.2, 0) is 4.74 Å². The van der Waals surface area contributed by atoms with Gasteiger partial charge in [0.05, 0.1) is 6.61 Å². The topological polar surface area (TPSA) is 78.1 Å². The van der Waals surface area contributed by atoms with Crippen LogP contribution in [0.2, 0.25) is 0 Å². The van der Waals surface area contributed by atoms with Crippen molar-refractivity contribution >= 4 is 40.2 Å². The monoisotopic (exact) mass is 307 g/mol. The molecule has 3 rings (SSSR count). The summed E-state index contributed by atoms with van der Waals surface area (Å²) >= 11 is 2.38. The van der Waals surface area contributed by atoms with Crippen LogP contribution in [0.25, 0.3) is 11.1 Å². The molecule has 0 N–H and O–H groups in total. The molecule has 20 heavy (non-hydrogen) atoms. The number of hydrogen-bond donors (Lipinski definition) is 0. The number of benzene rings is 1. The fourth-order valence-electron chi connectivity index (χ4n) is 1.50. The molecule has 0 aliphatic heterocycles. The summed E-state index contributed by atoms with van der Waals surface area (Å²) in [6.07, 6.45) is 0. The first-order chi connectivity index (χ1) is 9.76. The van der Waals surface area contributed by atoms with Gasteiger partial charge in [-0.15, -0.1) is 10.2 Å². The zero-order valence-electron chi connectivity index (χ0n) is 10.4. The molecule has 2 heterocycles. The predicted molar refractivity (Wildman–Crippen MR) is 74.0 cm³/mol. The molecular weight excluding hydrogens is 298 g/mol. The Morgan fingerprint density at radius 2 is 2.25 bits per heavy atom. The largest absolute Gasteiger partial charge is 0.461 e. The average molecular weight is 307 g/mol. The molecule has 0 unspecified atom stereocenters. The molecule has 0 aliphatic rings. The molecule has 0 aliphatic carbocycles. The van der Waals surface area contributed by atoms with Crippen LogP contribution in [0.5, 0.6) is 0 Å². The minimum absolute atomic E-state index is 0.227. The Labute approximate surface area is 122 Å². The predicted octanol–water partition coefficient (Wildman–Crippen LogP) is 3.01.